The van der Waals surface area contributed by atoms with E-state index in [0.29, 0.717) is 6.04 Å². The molecule has 1 unspecified atom stereocenters. The molecule has 1 atom stereocenters. The molecular formula is C15H26N2. The molecule has 1 aromatic carbocycles. The highest BCUT2D eigenvalue weighted by molar-refractivity contribution is 5.14. The third-order valence-electron chi connectivity index (χ3n) is 3.25. The van der Waals surface area contributed by atoms with Crippen molar-refractivity contribution in [3.63, 3.8) is 0 Å². The van der Waals surface area contributed by atoms with Gasteiger partial charge >= 0.3 is 0 Å². The Hall–Kier alpha value is -0.860. The Kier molecular flexibility index (Phi) is 6.90. The van der Waals surface area contributed by atoms with Crippen molar-refractivity contribution in [2.45, 2.75) is 45.7 Å². The van der Waals surface area contributed by atoms with Crippen LogP contribution in [0.4, 0.5) is 0 Å². The first-order valence-corrected chi connectivity index (χ1v) is 6.79. The SMILES string of the molecule is CCCC(CC)N(CCN)Cc1ccccc1. The zero-order chi connectivity index (χ0) is 12.5. The molecule has 0 aromatic heterocycles. The fourth-order valence-corrected chi connectivity index (χ4v) is 2.35. The molecule has 0 aliphatic rings. The highest BCUT2D eigenvalue weighted by Crippen LogP contribution is 2.14. The molecule has 17 heavy (non-hydrogen) atoms. The summed E-state index contributed by atoms with van der Waals surface area (Å²) in [5.41, 5.74) is 7.11. The van der Waals surface area contributed by atoms with Crippen molar-refractivity contribution in [1.29, 1.82) is 0 Å². The smallest absolute Gasteiger partial charge is 0.0237 e. The van der Waals surface area contributed by atoms with E-state index in [4.69, 9.17) is 5.73 Å². The van der Waals surface area contributed by atoms with Crippen molar-refractivity contribution in [3.8, 4) is 0 Å². The molecule has 0 fully saturated rings. The first kappa shape index (κ1) is 14.2. The van der Waals surface area contributed by atoms with E-state index in [2.05, 4.69) is 49.1 Å². The molecule has 0 heterocycles. The Morgan fingerprint density at radius 2 is 1.88 bits per heavy atom. The first-order chi connectivity index (χ1) is 8.31. The molecule has 1 rings (SSSR count). The van der Waals surface area contributed by atoms with Crippen molar-refractivity contribution < 1.29 is 0 Å². The number of nitrogens with zero attached hydrogens (tertiary/aromatic N) is 1. The normalized spacial score (nSPS) is 12.9. The fourth-order valence-electron chi connectivity index (χ4n) is 2.35. The van der Waals surface area contributed by atoms with Gasteiger partial charge in [-0.25, -0.2) is 0 Å². The third kappa shape index (κ3) is 4.88. The molecule has 0 amide bonds. The molecule has 2 N–H and O–H groups in total. The van der Waals surface area contributed by atoms with Crippen LogP contribution in [-0.2, 0) is 6.54 Å². The predicted molar refractivity (Wildman–Crippen MR) is 74.9 cm³/mol. The first-order valence-electron chi connectivity index (χ1n) is 6.79. The minimum Gasteiger partial charge on any atom is -0.329 e. The van der Waals surface area contributed by atoms with Gasteiger partial charge in [-0.15, -0.1) is 0 Å². The van der Waals surface area contributed by atoms with Gasteiger partial charge < -0.3 is 5.73 Å². The Morgan fingerprint density at radius 3 is 2.41 bits per heavy atom. The number of nitrogens with two attached hydrogens (primary N) is 1. The van der Waals surface area contributed by atoms with Crippen LogP contribution in [0.25, 0.3) is 0 Å². The summed E-state index contributed by atoms with van der Waals surface area (Å²) in [7, 11) is 0. The summed E-state index contributed by atoms with van der Waals surface area (Å²) in [6.07, 6.45) is 3.72. The van der Waals surface area contributed by atoms with E-state index in [-0.39, 0.29) is 0 Å². The topological polar surface area (TPSA) is 29.3 Å². The van der Waals surface area contributed by atoms with Gasteiger partial charge in [0.15, 0.2) is 0 Å². The Labute approximate surface area is 106 Å². The lowest BCUT2D eigenvalue weighted by Gasteiger charge is -2.30. The van der Waals surface area contributed by atoms with Gasteiger partial charge in [-0.3, -0.25) is 4.90 Å². The number of hydrogen-bond acceptors (Lipinski definition) is 2. The largest absolute Gasteiger partial charge is 0.329 e. The maximum absolute atomic E-state index is 5.73. The average Bonchev–Trinajstić information content (AvgIpc) is 2.37. The van der Waals surface area contributed by atoms with E-state index in [1.54, 1.807) is 0 Å². The van der Waals surface area contributed by atoms with Gasteiger partial charge in [-0.2, -0.15) is 0 Å². The van der Waals surface area contributed by atoms with Gasteiger partial charge in [0.2, 0.25) is 0 Å². The molecule has 2 heteroatoms. The van der Waals surface area contributed by atoms with Crippen molar-refractivity contribution in [1.82, 2.24) is 4.90 Å². The number of hydrogen-bond donors (Lipinski definition) is 1. The number of benzene rings is 1. The maximum Gasteiger partial charge on any atom is 0.0237 e. The Morgan fingerprint density at radius 1 is 1.18 bits per heavy atom. The van der Waals surface area contributed by atoms with Crippen LogP contribution >= 0.6 is 0 Å². The van der Waals surface area contributed by atoms with Crippen LogP contribution in [-0.4, -0.2) is 24.0 Å². The van der Waals surface area contributed by atoms with Crippen LogP contribution in [0, 0.1) is 0 Å². The standard InChI is InChI=1S/C15H26N2/c1-3-8-15(4-2)17(12-11-16)13-14-9-6-5-7-10-14/h5-7,9-10,15H,3-4,8,11-13,16H2,1-2H3. The summed E-state index contributed by atoms with van der Waals surface area (Å²) in [5, 5.41) is 0. The second-order valence-electron chi connectivity index (χ2n) is 4.60. The quantitative estimate of drug-likeness (QED) is 0.749. The van der Waals surface area contributed by atoms with E-state index < -0.39 is 0 Å². The molecule has 1 aromatic rings. The summed E-state index contributed by atoms with van der Waals surface area (Å²) >= 11 is 0. The fraction of sp³-hybridized carbons (Fsp3) is 0.600. The predicted octanol–water partition coefficient (Wildman–Crippen LogP) is 3.03. The molecule has 0 aliphatic heterocycles. The van der Waals surface area contributed by atoms with E-state index >= 15 is 0 Å². The van der Waals surface area contributed by atoms with E-state index in [1.165, 1.54) is 24.8 Å². The average molecular weight is 234 g/mol. The highest BCUT2D eigenvalue weighted by Gasteiger charge is 2.15. The third-order valence-corrected chi connectivity index (χ3v) is 3.25. The second kappa shape index (κ2) is 8.26. The minimum absolute atomic E-state index is 0.670. The lowest BCUT2D eigenvalue weighted by Crippen LogP contribution is -2.38. The highest BCUT2D eigenvalue weighted by atomic mass is 15.2. The molecule has 0 saturated heterocycles. The molecule has 2 nitrogen and oxygen atoms in total. The van der Waals surface area contributed by atoms with Gasteiger partial charge in [-0.1, -0.05) is 50.6 Å². The second-order valence-corrected chi connectivity index (χ2v) is 4.60. The van der Waals surface area contributed by atoms with Crippen LogP contribution in [0.1, 0.15) is 38.7 Å². The molecule has 0 bridgehead atoms. The van der Waals surface area contributed by atoms with Crippen LogP contribution in [0.15, 0.2) is 30.3 Å². The molecular weight excluding hydrogens is 208 g/mol. The summed E-state index contributed by atoms with van der Waals surface area (Å²) in [6.45, 7) is 7.29. The molecule has 0 saturated carbocycles. The lowest BCUT2D eigenvalue weighted by molar-refractivity contribution is 0.177. The summed E-state index contributed by atoms with van der Waals surface area (Å²) in [6, 6.07) is 11.3. The summed E-state index contributed by atoms with van der Waals surface area (Å²) < 4.78 is 0. The van der Waals surface area contributed by atoms with Crippen molar-refractivity contribution >= 4 is 0 Å². The van der Waals surface area contributed by atoms with Gasteiger partial charge in [0, 0.05) is 25.7 Å². The molecule has 0 aliphatic carbocycles. The van der Waals surface area contributed by atoms with Crippen molar-refractivity contribution in [3.05, 3.63) is 35.9 Å². The van der Waals surface area contributed by atoms with Gasteiger partial charge in [0.1, 0.15) is 0 Å². The van der Waals surface area contributed by atoms with E-state index in [0.717, 1.165) is 19.6 Å². The Balaban J connectivity index is 2.64. The zero-order valence-corrected chi connectivity index (χ0v) is 11.2. The van der Waals surface area contributed by atoms with Crippen LogP contribution < -0.4 is 5.73 Å². The summed E-state index contributed by atoms with van der Waals surface area (Å²) in [5.74, 6) is 0. The van der Waals surface area contributed by atoms with Crippen molar-refractivity contribution in [2.75, 3.05) is 13.1 Å². The van der Waals surface area contributed by atoms with Crippen LogP contribution in [0.3, 0.4) is 0 Å². The van der Waals surface area contributed by atoms with E-state index in [9.17, 15) is 0 Å². The molecule has 0 spiro atoms. The lowest BCUT2D eigenvalue weighted by atomic mass is 10.1. The summed E-state index contributed by atoms with van der Waals surface area (Å²) in [4.78, 5) is 2.53. The van der Waals surface area contributed by atoms with Crippen LogP contribution in [0.2, 0.25) is 0 Å². The molecule has 96 valence electrons. The monoisotopic (exact) mass is 234 g/mol. The maximum atomic E-state index is 5.73. The van der Waals surface area contributed by atoms with E-state index in [1.807, 2.05) is 0 Å². The molecule has 0 radical (unpaired) electrons. The van der Waals surface area contributed by atoms with Gasteiger partial charge in [0.05, 0.1) is 0 Å². The Bertz CT molecular complexity index is 284. The number of rotatable bonds is 8. The van der Waals surface area contributed by atoms with Crippen molar-refractivity contribution in [2.24, 2.45) is 5.73 Å². The minimum atomic E-state index is 0.670. The van der Waals surface area contributed by atoms with Crippen LogP contribution in [0.5, 0.6) is 0 Å². The van der Waals surface area contributed by atoms with Gasteiger partial charge in [0.25, 0.3) is 0 Å². The zero-order valence-electron chi connectivity index (χ0n) is 11.2. The van der Waals surface area contributed by atoms with Gasteiger partial charge in [-0.05, 0) is 18.4 Å².